The number of nitrogens with zero attached hydrogens (tertiary/aromatic N) is 3. The molecular formula is C22H23N7O3S. The zero-order valence-corrected chi connectivity index (χ0v) is 19.0. The molecule has 0 aliphatic rings. The van der Waals surface area contributed by atoms with Gasteiger partial charge in [0.05, 0.1) is 11.0 Å². The summed E-state index contributed by atoms with van der Waals surface area (Å²) in [6.07, 6.45) is 2.99. The maximum absolute atomic E-state index is 12.2. The van der Waals surface area contributed by atoms with Crippen molar-refractivity contribution in [1.82, 2.24) is 20.2 Å². The molecular weight excluding hydrogens is 442 g/mol. The fraction of sp³-hybridized carbons (Fsp3) is 0.227. The molecule has 4 N–H and O–H groups in total. The van der Waals surface area contributed by atoms with Gasteiger partial charge >= 0.3 is 6.03 Å². The Labute approximate surface area is 193 Å². The molecule has 33 heavy (non-hydrogen) atoms. The van der Waals surface area contributed by atoms with Gasteiger partial charge in [0.25, 0.3) is 0 Å². The standard InChI is InChI=1S/C22H23N7O3S/c1-3-4-5-19-28-29-22(33-19)27-21(31)24-14-6-8-15(9-7-14)32-16-10-11-17-18(12-16)26-20(25-17)23-13(2)30/h6-12H,3-5H2,1-2H3,(H2,23,25,26,30)(H2,24,27,29,31). The third kappa shape index (κ3) is 6.04. The number of aromatic nitrogens is 4. The van der Waals surface area contributed by atoms with Crippen molar-refractivity contribution in [2.45, 2.75) is 33.1 Å². The fourth-order valence-electron chi connectivity index (χ4n) is 3.01. The molecule has 2 aromatic carbocycles. The first kappa shape index (κ1) is 22.2. The molecule has 4 rings (SSSR count). The molecule has 0 saturated carbocycles. The summed E-state index contributed by atoms with van der Waals surface area (Å²) in [5.41, 5.74) is 2.06. The Balaban J connectivity index is 1.33. The highest BCUT2D eigenvalue weighted by atomic mass is 32.1. The molecule has 2 aromatic heterocycles. The summed E-state index contributed by atoms with van der Waals surface area (Å²) in [4.78, 5) is 30.7. The summed E-state index contributed by atoms with van der Waals surface area (Å²) >= 11 is 1.38. The van der Waals surface area contributed by atoms with Crippen molar-refractivity contribution in [2.24, 2.45) is 0 Å². The largest absolute Gasteiger partial charge is 0.457 e. The number of rotatable bonds is 8. The van der Waals surface area contributed by atoms with E-state index in [1.54, 1.807) is 42.5 Å². The first-order chi connectivity index (χ1) is 16.0. The summed E-state index contributed by atoms with van der Waals surface area (Å²) < 4.78 is 5.89. The predicted molar refractivity (Wildman–Crippen MR) is 128 cm³/mol. The summed E-state index contributed by atoms with van der Waals surface area (Å²) in [6.45, 7) is 3.54. The molecule has 0 bridgehead atoms. The minimum absolute atomic E-state index is 0.201. The van der Waals surface area contributed by atoms with Gasteiger partial charge in [-0.3, -0.25) is 15.4 Å². The van der Waals surface area contributed by atoms with Crippen molar-refractivity contribution in [3.05, 3.63) is 47.5 Å². The molecule has 0 fully saturated rings. The molecule has 11 heteroatoms. The van der Waals surface area contributed by atoms with Crippen LogP contribution in [0.3, 0.4) is 0 Å². The van der Waals surface area contributed by atoms with Crippen LogP contribution in [-0.4, -0.2) is 32.1 Å². The van der Waals surface area contributed by atoms with Crippen LogP contribution >= 0.6 is 11.3 Å². The highest BCUT2D eigenvalue weighted by Gasteiger charge is 2.09. The van der Waals surface area contributed by atoms with Gasteiger partial charge < -0.3 is 15.0 Å². The lowest BCUT2D eigenvalue weighted by molar-refractivity contribution is -0.114. The quantitative estimate of drug-likeness (QED) is 0.284. The normalized spacial score (nSPS) is 10.7. The van der Waals surface area contributed by atoms with E-state index in [4.69, 9.17) is 4.74 Å². The number of unbranched alkanes of at least 4 members (excludes halogenated alkanes) is 1. The van der Waals surface area contributed by atoms with Gasteiger partial charge in [-0.25, -0.2) is 9.78 Å². The Bertz CT molecular complexity index is 1270. The zero-order valence-electron chi connectivity index (χ0n) is 18.1. The SMILES string of the molecule is CCCCc1nnc(NC(=O)Nc2ccc(Oc3ccc4nc(NC(C)=O)[nH]c4c3)cc2)s1. The number of carbonyl (C=O) groups excluding carboxylic acids is 2. The highest BCUT2D eigenvalue weighted by Crippen LogP contribution is 2.26. The van der Waals surface area contributed by atoms with Gasteiger partial charge in [-0.2, -0.15) is 0 Å². The van der Waals surface area contributed by atoms with Gasteiger partial charge in [-0.05, 0) is 42.8 Å². The Hall–Kier alpha value is -3.99. The van der Waals surface area contributed by atoms with E-state index in [1.165, 1.54) is 18.3 Å². The molecule has 0 saturated heterocycles. The van der Waals surface area contributed by atoms with Crippen molar-refractivity contribution in [3.8, 4) is 11.5 Å². The van der Waals surface area contributed by atoms with E-state index >= 15 is 0 Å². The minimum Gasteiger partial charge on any atom is -0.457 e. The summed E-state index contributed by atoms with van der Waals surface area (Å²) in [6, 6.07) is 12.0. The van der Waals surface area contributed by atoms with Crippen LogP contribution in [-0.2, 0) is 11.2 Å². The van der Waals surface area contributed by atoms with E-state index in [9.17, 15) is 9.59 Å². The minimum atomic E-state index is -0.387. The fourth-order valence-corrected chi connectivity index (χ4v) is 3.79. The number of hydrogen-bond acceptors (Lipinski definition) is 7. The smallest absolute Gasteiger partial charge is 0.325 e. The van der Waals surface area contributed by atoms with E-state index in [0.29, 0.717) is 33.8 Å². The van der Waals surface area contributed by atoms with E-state index in [1.807, 2.05) is 0 Å². The number of hydrogen-bond donors (Lipinski definition) is 4. The molecule has 2 heterocycles. The number of anilines is 3. The van der Waals surface area contributed by atoms with Crippen molar-refractivity contribution in [1.29, 1.82) is 0 Å². The van der Waals surface area contributed by atoms with Crippen LogP contribution in [0, 0.1) is 0 Å². The van der Waals surface area contributed by atoms with Crippen molar-refractivity contribution < 1.29 is 14.3 Å². The van der Waals surface area contributed by atoms with Gasteiger partial charge in [0, 0.05) is 25.1 Å². The summed E-state index contributed by atoms with van der Waals surface area (Å²) in [5, 5.41) is 17.5. The molecule has 10 nitrogen and oxygen atoms in total. The van der Waals surface area contributed by atoms with Gasteiger partial charge in [-0.15, -0.1) is 10.2 Å². The Kier molecular flexibility index (Phi) is 6.79. The van der Waals surface area contributed by atoms with Crippen LogP contribution in [0.1, 0.15) is 31.7 Å². The second-order valence-corrected chi connectivity index (χ2v) is 8.32. The van der Waals surface area contributed by atoms with Crippen LogP contribution in [0.4, 0.5) is 21.6 Å². The number of aromatic amines is 1. The number of amides is 3. The molecule has 0 radical (unpaired) electrons. The van der Waals surface area contributed by atoms with E-state index in [2.05, 4.69) is 43.0 Å². The third-order valence-electron chi connectivity index (χ3n) is 4.53. The second-order valence-electron chi connectivity index (χ2n) is 7.26. The molecule has 0 aliphatic carbocycles. The lowest BCUT2D eigenvalue weighted by Gasteiger charge is -2.08. The van der Waals surface area contributed by atoms with Gasteiger partial charge in [0.2, 0.25) is 17.0 Å². The average molecular weight is 466 g/mol. The lowest BCUT2D eigenvalue weighted by Crippen LogP contribution is -2.19. The number of aryl methyl sites for hydroxylation is 1. The van der Waals surface area contributed by atoms with Crippen molar-refractivity contribution >= 4 is 51.1 Å². The van der Waals surface area contributed by atoms with Crippen LogP contribution in [0.5, 0.6) is 11.5 Å². The molecule has 0 unspecified atom stereocenters. The Morgan fingerprint density at radius 1 is 1.03 bits per heavy atom. The Morgan fingerprint density at radius 2 is 1.82 bits per heavy atom. The monoisotopic (exact) mass is 465 g/mol. The zero-order chi connectivity index (χ0) is 23.2. The van der Waals surface area contributed by atoms with Crippen molar-refractivity contribution in [3.63, 3.8) is 0 Å². The average Bonchev–Trinajstić information content (AvgIpc) is 3.38. The lowest BCUT2D eigenvalue weighted by atomic mass is 10.3. The Morgan fingerprint density at radius 3 is 2.58 bits per heavy atom. The number of carbonyl (C=O) groups is 2. The number of urea groups is 1. The molecule has 4 aromatic rings. The number of H-pyrrole nitrogens is 1. The molecule has 3 amide bonds. The van der Waals surface area contributed by atoms with Crippen LogP contribution in [0.25, 0.3) is 11.0 Å². The van der Waals surface area contributed by atoms with E-state index in [0.717, 1.165) is 29.8 Å². The van der Waals surface area contributed by atoms with Crippen LogP contribution in [0.2, 0.25) is 0 Å². The van der Waals surface area contributed by atoms with E-state index < -0.39 is 0 Å². The molecule has 0 atom stereocenters. The number of imidazole rings is 1. The molecule has 0 aliphatic heterocycles. The number of benzene rings is 2. The van der Waals surface area contributed by atoms with Crippen LogP contribution in [0.15, 0.2) is 42.5 Å². The maximum Gasteiger partial charge on any atom is 0.325 e. The molecule has 170 valence electrons. The number of ether oxygens (including phenoxy) is 1. The summed E-state index contributed by atoms with van der Waals surface area (Å²) in [7, 11) is 0. The first-order valence-corrected chi connectivity index (χ1v) is 11.3. The maximum atomic E-state index is 12.2. The second kappa shape index (κ2) is 10.1. The predicted octanol–water partition coefficient (Wildman–Crippen LogP) is 5.15. The number of nitrogens with one attached hydrogen (secondary N) is 4. The van der Waals surface area contributed by atoms with Gasteiger partial charge in [-0.1, -0.05) is 24.7 Å². The van der Waals surface area contributed by atoms with E-state index in [-0.39, 0.29) is 11.9 Å². The summed E-state index contributed by atoms with van der Waals surface area (Å²) in [5.74, 6) is 1.39. The third-order valence-corrected chi connectivity index (χ3v) is 5.43. The van der Waals surface area contributed by atoms with Gasteiger partial charge in [0.1, 0.15) is 16.5 Å². The van der Waals surface area contributed by atoms with Crippen LogP contribution < -0.4 is 20.7 Å². The van der Waals surface area contributed by atoms with Crippen molar-refractivity contribution in [2.75, 3.05) is 16.0 Å². The highest BCUT2D eigenvalue weighted by molar-refractivity contribution is 7.15. The molecule has 0 spiro atoms. The topological polar surface area (TPSA) is 134 Å². The van der Waals surface area contributed by atoms with Gasteiger partial charge in [0.15, 0.2) is 0 Å². The number of fused-ring (bicyclic) bond motifs is 1. The first-order valence-electron chi connectivity index (χ1n) is 10.4.